The number of nitrogens with zero attached hydrogens (tertiary/aromatic N) is 2. The average Bonchev–Trinajstić information content (AvgIpc) is 2.62. The molecule has 132 valence electrons. The Balaban J connectivity index is 1.74. The van der Waals surface area contributed by atoms with E-state index in [0.29, 0.717) is 16.6 Å². The Kier molecular flexibility index (Phi) is 5.13. The quantitative estimate of drug-likeness (QED) is 0.667. The summed E-state index contributed by atoms with van der Waals surface area (Å²) in [5, 5.41) is 3.12. The van der Waals surface area contributed by atoms with Crippen LogP contribution in [0.1, 0.15) is 16.8 Å². The first-order chi connectivity index (χ1) is 12.5. The van der Waals surface area contributed by atoms with Gasteiger partial charge in [0, 0.05) is 17.4 Å². The SMILES string of the molecule is NC(=O)c1ccccc1NC(=O)CCn1cnc2ccc(Br)cc2c1=O. The molecule has 0 saturated heterocycles. The second kappa shape index (κ2) is 7.49. The fourth-order valence-electron chi connectivity index (χ4n) is 2.53. The standard InChI is InChI=1S/C18H15BrN4O3/c19-11-5-6-14-13(9-11)18(26)23(10-21-14)8-7-16(24)22-15-4-2-1-3-12(15)17(20)25/h1-6,9-10H,7-8H2,(H2,20,25)(H,22,24). The first kappa shape index (κ1) is 17.8. The van der Waals surface area contributed by atoms with E-state index in [1.807, 2.05) is 6.07 Å². The van der Waals surface area contributed by atoms with Gasteiger partial charge in [-0.15, -0.1) is 0 Å². The van der Waals surface area contributed by atoms with Crippen molar-refractivity contribution >= 4 is 44.3 Å². The van der Waals surface area contributed by atoms with Crippen molar-refractivity contribution in [1.29, 1.82) is 0 Å². The summed E-state index contributed by atoms with van der Waals surface area (Å²) in [6, 6.07) is 11.7. The number of hydrogen-bond acceptors (Lipinski definition) is 4. The van der Waals surface area contributed by atoms with Crippen LogP contribution in [0.4, 0.5) is 5.69 Å². The van der Waals surface area contributed by atoms with Crippen molar-refractivity contribution in [3.05, 3.63) is 69.2 Å². The maximum absolute atomic E-state index is 12.5. The Morgan fingerprint density at radius 2 is 1.96 bits per heavy atom. The van der Waals surface area contributed by atoms with Crippen molar-refractivity contribution in [2.45, 2.75) is 13.0 Å². The van der Waals surface area contributed by atoms with Gasteiger partial charge in [0.15, 0.2) is 0 Å². The van der Waals surface area contributed by atoms with E-state index in [0.717, 1.165) is 4.47 Å². The third-order valence-corrected chi connectivity index (χ3v) is 4.33. The molecule has 1 aromatic heterocycles. The summed E-state index contributed by atoms with van der Waals surface area (Å²) in [7, 11) is 0. The number of halogens is 1. The summed E-state index contributed by atoms with van der Waals surface area (Å²) in [4.78, 5) is 40.3. The van der Waals surface area contributed by atoms with Crippen molar-refractivity contribution in [3.8, 4) is 0 Å². The fraction of sp³-hybridized carbons (Fsp3) is 0.111. The number of hydrogen-bond donors (Lipinski definition) is 2. The zero-order chi connectivity index (χ0) is 18.7. The van der Waals surface area contributed by atoms with Crippen LogP contribution in [-0.4, -0.2) is 21.4 Å². The van der Waals surface area contributed by atoms with Gasteiger partial charge >= 0.3 is 0 Å². The number of nitrogens with one attached hydrogen (secondary N) is 1. The lowest BCUT2D eigenvalue weighted by atomic mass is 10.1. The molecule has 0 aliphatic heterocycles. The van der Waals surface area contributed by atoms with E-state index in [-0.39, 0.29) is 30.0 Å². The van der Waals surface area contributed by atoms with Crippen molar-refractivity contribution < 1.29 is 9.59 Å². The minimum absolute atomic E-state index is 0.0498. The molecule has 0 radical (unpaired) electrons. The summed E-state index contributed by atoms with van der Waals surface area (Å²) in [5.41, 5.74) is 6.24. The highest BCUT2D eigenvalue weighted by molar-refractivity contribution is 9.10. The monoisotopic (exact) mass is 414 g/mol. The highest BCUT2D eigenvalue weighted by atomic mass is 79.9. The molecule has 8 heteroatoms. The van der Waals surface area contributed by atoms with Gasteiger partial charge in [-0.3, -0.25) is 19.0 Å². The van der Waals surface area contributed by atoms with Gasteiger partial charge < -0.3 is 11.1 Å². The Morgan fingerprint density at radius 1 is 1.19 bits per heavy atom. The molecular weight excluding hydrogens is 400 g/mol. The summed E-state index contributed by atoms with van der Waals surface area (Å²) in [6.07, 6.45) is 1.47. The van der Waals surface area contributed by atoms with E-state index in [4.69, 9.17) is 5.73 Å². The van der Waals surface area contributed by atoms with E-state index in [2.05, 4.69) is 26.2 Å². The maximum atomic E-state index is 12.5. The minimum Gasteiger partial charge on any atom is -0.366 e. The van der Waals surface area contributed by atoms with E-state index >= 15 is 0 Å². The molecule has 0 spiro atoms. The minimum atomic E-state index is -0.624. The van der Waals surface area contributed by atoms with Crippen LogP contribution in [0, 0.1) is 0 Å². The van der Waals surface area contributed by atoms with E-state index in [1.54, 1.807) is 30.3 Å². The Bertz CT molecular complexity index is 1060. The van der Waals surface area contributed by atoms with E-state index < -0.39 is 5.91 Å². The number of carbonyl (C=O) groups excluding carboxylic acids is 2. The average molecular weight is 415 g/mol. The molecule has 3 rings (SSSR count). The predicted molar refractivity (Wildman–Crippen MR) is 102 cm³/mol. The van der Waals surface area contributed by atoms with Gasteiger partial charge in [-0.2, -0.15) is 0 Å². The van der Waals surface area contributed by atoms with Crippen LogP contribution in [-0.2, 0) is 11.3 Å². The lowest BCUT2D eigenvalue weighted by Gasteiger charge is -2.10. The number of aryl methyl sites for hydroxylation is 1. The molecule has 7 nitrogen and oxygen atoms in total. The molecule has 0 aliphatic rings. The Hall–Kier alpha value is -3.00. The highest BCUT2D eigenvalue weighted by Crippen LogP contribution is 2.16. The van der Waals surface area contributed by atoms with Gasteiger partial charge in [0.2, 0.25) is 5.91 Å². The van der Waals surface area contributed by atoms with Gasteiger partial charge in [-0.1, -0.05) is 28.1 Å². The topological polar surface area (TPSA) is 107 Å². The molecular formula is C18H15BrN4O3. The second-order valence-corrected chi connectivity index (χ2v) is 6.53. The number of carbonyl (C=O) groups is 2. The lowest BCUT2D eigenvalue weighted by Crippen LogP contribution is -2.24. The number of para-hydroxylation sites is 1. The molecule has 0 aliphatic carbocycles. The van der Waals surface area contributed by atoms with Crippen LogP contribution in [0.15, 0.2) is 58.1 Å². The van der Waals surface area contributed by atoms with Crippen LogP contribution >= 0.6 is 15.9 Å². The highest BCUT2D eigenvalue weighted by Gasteiger charge is 2.11. The maximum Gasteiger partial charge on any atom is 0.261 e. The number of aromatic nitrogens is 2. The zero-order valence-electron chi connectivity index (χ0n) is 13.6. The number of primary amides is 1. The first-order valence-corrected chi connectivity index (χ1v) is 8.58. The summed E-state index contributed by atoms with van der Waals surface area (Å²) >= 11 is 3.33. The Labute approximate surface area is 157 Å². The van der Waals surface area contributed by atoms with Crippen LogP contribution in [0.3, 0.4) is 0 Å². The van der Waals surface area contributed by atoms with Gasteiger partial charge in [0.25, 0.3) is 11.5 Å². The van der Waals surface area contributed by atoms with Crippen LogP contribution in [0.5, 0.6) is 0 Å². The molecule has 1 heterocycles. The molecule has 0 bridgehead atoms. The second-order valence-electron chi connectivity index (χ2n) is 5.61. The predicted octanol–water partition coefficient (Wildman–Crippen LogP) is 2.29. The lowest BCUT2D eigenvalue weighted by molar-refractivity contribution is -0.116. The largest absolute Gasteiger partial charge is 0.366 e. The molecule has 0 fully saturated rings. The molecule has 2 aromatic carbocycles. The van der Waals surface area contributed by atoms with Crippen molar-refractivity contribution in [2.75, 3.05) is 5.32 Å². The fourth-order valence-corrected chi connectivity index (χ4v) is 2.89. The molecule has 2 amide bonds. The number of amides is 2. The molecule has 0 atom stereocenters. The van der Waals surface area contributed by atoms with Crippen molar-refractivity contribution in [2.24, 2.45) is 5.73 Å². The third-order valence-electron chi connectivity index (χ3n) is 3.83. The molecule has 3 aromatic rings. The van der Waals surface area contributed by atoms with Gasteiger partial charge in [0.1, 0.15) is 0 Å². The molecule has 26 heavy (non-hydrogen) atoms. The van der Waals surface area contributed by atoms with Gasteiger partial charge in [-0.05, 0) is 30.3 Å². The van der Waals surface area contributed by atoms with Crippen molar-refractivity contribution in [1.82, 2.24) is 9.55 Å². The molecule has 0 saturated carbocycles. The van der Waals surface area contributed by atoms with Crippen LogP contribution in [0.25, 0.3) is 10.9 Å². The van der Waals surface area contributed by atoms with E-state index in [1.165, 1.54) is 17.0 Å². The van der Waals surface area contributed by atoms with Crippen molar-refractivity contribution in [3.63, 3.8) is 0 Å². The number of nitrogens with two attached hydrogens (primary N) is 1. The smallest absolute Gasteiger partial charge is 0.261 e. The first-order valence-electron chi connectivity index (χ1n) is 7.79. The third kappa shape index (κ3) is 3.80. The van der Waals surface area contributed by atoms with Crippen LogP contribution in [0.2, 0.25) is 0 Å². The number of rotatable bonds is 5. The Morgan fingerprint density at radius 3 is 2.73 bits per heavy atom. The van der Waals surface area contributed by atoms with E-state index in [9.17, 15) is 14.4 Å². The summed E-state index contributed by atoms with van der Waals surface area (Å²) < 4.78 is 2.16. The number of benzene rings is 2. The molecule has 3 N–H and O–H groups in total. The number of fused-ring (bicyclic) bond motifs is 1. The van der Waals surface area contributed by atoms with Gasteiger partial charge in [0.05, 0.1) is 28.5 Å². The summed E-state index contributed by atoms with van der Waals surface area (Å²) in [5.74, 6) is -0.957. The molecule has 0 unspecified atom stereocenters. The summed E-state index contributed by atoms with van der Waals surface area (Å²) in [6.45, 7) is 0.166. The normalized spacial score (nSPS) is 10.7. The zero-order valence-corrected chi connectivity index (χ0v) is 15.2. The van der Waals surface area contributed by atoms with Crippen LogP contribution < -0.4 is 16.6 Å². The van der Waals surface area contributed by atoms with Gasteiger partial charge in [-0.25, -0.2) is 4.98 Å². The number of anilines is 1.